The van der Waals surface area contributed by atoms with Gasteiger partial charge < -0.3 is 22.4 Å². The summed E-state index contributed by atoms with van der Waals surface area (Å²) in [5, 5.41) is 10.7. The van der Waals surface area contributed by atoms with Gasteiger partial charge in [0.1, 0.15) is 10.6 Å². The molecule has 0 radical (unpaired) electrons. The minimum atomic E-state index is -2.76. The second-order valence-electron chi connectivity index (χ2n) is 9.38. The molecule has 12 nitrogen and oxygen atoms in total. The fourth-order valence-corrected chi connectivity index (χ4v) is 7.35. The predicted octanol–water partition coefficient (Wildman–Crippen LogP) is 2.93. The number of rotatable bonds is 7. The number of aromatic nitrogens is 3. The molecule has 0 atom stereocenters. The highest BCUT2D eigenvalue weighted by atomic mass is 32.3. The topological polar surface area (TPSA) is 132 Å². The number of carbonyl (C=O) groups excluding carboxylic acids is 2. The largest absolute Gasteiger partial charge is 0.470 e. The van der Waals surface area contributed by atoms with Gasteiger partial charge in [0.2, 0.25) is 5.89 Å². The van der Waals surface area contributed by atoms with E-state index in [9.17, 15) is 9.59 Å². The van der Waals surface area contributed by atoms with Gasteiger partial charge in [0.25, 0.3) is 11.1 Å². The van der Waals surface area contributed by atoms with E-state index < -0.39 is 22.7 Å². The van der Waals surface area contributed by atoms with Crippen molar-refractivity contribution in [3.05, 3.63) is 41.1 Å². The van der Waals surface area contributed by atoms with Gasteiger partial charge in [-0.05, 0) is 31.4 Å². The Hall–Kier alpha value is -3.49. The average molecular weight is 557 g/mol. The van der Waals surface area contributed by atoms with E-state index in [2.05, 4.69) is 29.4 Å². The molecule has 0 bridgehead atoms. The molecule has 3 aromatic rings. The van der Waals surface area contributed by atoms with Crippen LogP contribution in [0, 0.1) is 0 Å². The molecule has 3 aliphatic heterocycles. The SMILES string of the molecule is O=C1OS2(N=C(N3CCN(CCCOc4nc(-c5nnc(C6CC6)o5)cs4)CC3)c3ccccc32)OC1=O. The number of hydrogen-bond acceptors (Lipinski definition) is 13. The Balaban J connectivity index is 0.903. The van der Waals surface area contributed by atoms with Crippen molar-refractivity contribution in [3.63, 3.8) is 0 Å². The van der Waals surface area contributed by atoms with Crippen molar-refractivity contribution in [2.75, 3.05) is 39.3 Å². The molecule has 2 aromatic heterocycles. The highest BCUT2D eigenvalue weighted by molar-refractivity contribution is 8.26. The lowest BCUT2D eigenvalue weighted by molar-refractivity contribution is -0.150. The van der Waals surface area contributed by atoms with Gasteiger partial charge in [-0.3, -0.25) is 4.90 Å². The second-order valence-corrected chi connectivity index (χ2v) is 12.1. The van der Waals surface area contributed by atoms with Crippen molar-refractivity contribution < 1.29 is 27.1 Å². The maximum absolute atomic E-state index is 11.8. The number of carbonyl (C=O) groups is 2. The highest BCUT2D eigenvalue weighted by Crippen LogP contribution is 2.66. The molecule has 198 valence electrons. The van der Waals surface area contributed by atoms with Gasteiger partial charge in [0.05, 0.1) is 6.61 Å². The zero-order chi connectivity index (χ0) is 25.7. The summed E-state index contributed by atoms with van der Waals surface area (Å²) in [5.41, 5.74) is 1.50. The molecule has 14 heteroatoms. The summed E-state index contributed by atoms with van der Waals surface area (Å²) in [4.78, 5) is 33.3. The molecule has 38 heavy (non-hydrogen) atoms. The summed E-state index contributed by atoms with van der Waals surface area (Å²) in [6.07, 6.45) is 3.09. The van der Waals surface area contributed by atoms with Gasteiger partial charge in [-0.2, -0.15) is 4.98 Å². The molecule has 0 amide bonds. The lowest BCUT2D eigenvalue weighted by Crippen LogP contribution is -2.49. The normalized spacial score (nSPS) is 21.3. The first-order valence-corrected chi connectivity index (χ1v) is 14.8. The Morgan fingerprint density at radius 2 is 1.84 bits per heavy atom. The van der Waals surface area contributed by atoms with Gasteiger partial charge in [-0.1, -0.05) is 23.5 Å². The number of nitrogens with zero attached hydrogens (tertiary/aromatic N) is 6. The predicted molar refractivity (Wildman–Crippen MR) is 137 cm³/mol. The van der Waals surface area contributed by atoms with Crippen LogP contribution in [-0.4, -0.2) is 82.1 Å². The molecular weight excluding hydrogens is 532 g/mol. The molecule has 0 N–H and O–H groups in total. The first-order valence-electron chi connectivity index (χ1n) is 12.5. The van der Waals surface area contributed by atoms with E-state index in [4.69, 9.17) is 17.5 Å². The van der Waals surface area contributed by atoms with E-state index in [0.717, 1.165) is 57.5 Å². The summed E-state index contributed by atoms with van der Waals surface area (Å²) in [6.45, 7) is 4.68. The molecule has 3 fully saturated rings. The lowest BCUT2D eigenvalue weighted by atomic mass is 10.1. The summed E-state index contributed by atoms with van der Waals surface area (Å²) in [5.74, 6) is 0.300. The summed E-state index contributed by atoms with van der Waals surface area (Å²) in [6, 6.07) is 7.46. The van der Waals surface area contributed by atoms with E-state index in [1.165, 1.54) is 11.3 Å². The number of hydrogen-bond donors (Lipinski definition) is 0. The third-order valence-electron chi connectivity index (χ3n) is 6.74. The van der Waals surface area contributed by atoms with Gasteiger partial charge in [-0.25, -0.2) is 9.59 Å². The molecule has 1 aromatic carbocycles. The van der Waals surface area contributed by atoms with Gasteiger partial charge >= 0.3 is 11.9 Å². The summed E-state index contributed by atoms with van der Waals surface area (Å²) in [7, 11) is -2.76. The summed E-state index contributed by atoms with van der Waals surface area (Å²) < 4.78 is 26.9. The second kappa shape index (κ2) is 9.36. The van der Waals surface area contributed by atoms with Crippen LogP contribution in [-0.2, 0) is 18.0 Å². The molecule has 2 saturated heterocycles. The first-order chi connectivity index (χ1) is 18.6. The van der Waals surface area contributed by atoms with Gasteiger partial charge in [-0.15, -0.1) is 14.6 Å². The molecule has 5 heterocycles. The molecule has 7 rings (SSSR count). The quantitative estimate of drug-likeness (QED) is 0.314. The van der Waals surface area contributed by atoms with Crippen molar-refractivity contribution in [1.82, 2.24) is 25.0 Å². The van der Waals surface area contributed by atoms with Crippen molar-refractivity contribution in [1.29, 1.82) is 0 Å². The Labute approximate surface area is 223 Å². The van der Waals surface area contributed by atoms with Crippen LogP contribution in [0.25, 0.3) is 11.6 Å². The Kier molecular flexibility index (Phi) is 5.82. The standard InChI is InChI=1S/C24H24N6O6S2/c31-22-23(32)36-38(35-22)18-5-2-1-4-16(18)19(28-38)30-11-9-29(10-12-30)8-3-13-33-24-25-17(14-37-24)21-27-26-20(34-21)15-6-7-15/h1-2,4-5,14-15H,3,6-13H2. The first kappa shape index (κ1) is 23.6. The van der Waals surface area contributed by atoms with Crippen LogP contribution in [0.15, 0.2) is 43.4 Å². The molecule has 4 aliphatic rings. The monoisotopic (exact) mass is 556 g/mol. The number of fused-ring (bicyclic) bond motifs is 2. The zero-order valence-electron chi connectivity index (χ0n) is 20.3. The van der Waals surface area contributed by atoms with Crippen molar-refractivity contribution in [2.45, 2.75) is 30.1 Å². The number of piperazine rings is 1. The minimum Gasteiger partial charge on any atom is -0.470 e. The van der Waals surface area contributed by atoms with E-state index in [-0.39, 0.29) is 0 Å². The fraction of sp³-hybridized carbons (Fsp3) is 0.417. The van der Waals surface area contributed by atoms with E-state index in [0.29, 0.717) is 45.9 Å². The molecule has 0 unspecified atom stereocenters. The van der Waals surface area contributed by atoms with Crippen molar-refractivity contribution in [3.8, 4) is 16.8 Å². The van der Waals surface area contributed by atoms with Gasteiger partial charge in [0, 0.05) is 60.4 Å². The molecule has 1 spiro atoms. The van der Waals surface area contributed by atoms with Gasteiger partial charge in [0.15, 0.2) is 5.84 Å². The Morgan fingerprint density at radius 1 is 1.05 bits per heavy atom. The number of amidine groups is 1. The van der Waals surface area contributed by atoms with E-state index in [1.807, 2.05) is 29.6 Å². The number of ether oxygens (including phenoxy) is 1. The third-order valence-corrected chi connectivity index (χ3v) is 9.57. The number of benzene rings is 1. The zero-order valence-corrected chi connectivity index (χ0v) is 21.9. The Bertz CT molecular complexity index is 1410. The van der Waals surface area contributed by atoms with Crippen LogP contribution in [0.1, 0.15) is 36.6 Å². The lowest BCUT2D eigenvalue weighted by Gasteiger charge is -2.35. The van der Waals surface area contributed by atoms with Crippen LogP contribution in [0.2, 0.25) is 0 Å². The van der Waals surface area contributed by atoms with Crippen LogP contribution in [0.4, 0.5) is 0 Å². The summed E-state index contributed by atoms with van der Waals surface area (Å²) >= 11 is 1.43. The maximum Gasteiger partial charge on any atom is 0.443 e. The van der Waals surface area contributed by atoms with Crippen LogP contribution < -0.4 is 4.74 Å². The van der Waals surface area contributed by atoms with E-state index in [1.54, 1.807) is 0 Å². The van der Waals surface area contributed by atoms with E-state index >= 15 is 0 Å². The molecular formula is C24H24N6O6S2. The van der Waals surface area contributed by atoms with Crippen LogP contribution in [0.5, 0.6) is 5.19 Å². The molecule has 1 aliphatic carbocycles. The molecule has 1 saturated carbocycles. The van der Waals surface area contributed by atoms with Crippen molar-refractivity contribution >= 4 is 39.9 Å². The minimum absolute atomic E-state index is 0.416. The fourth-order valence-electron chi connectivity index (χ4n) is 4.62. The maximum atomic E-state index is 11.8. The van der Waals surface area contributed by atoms with Crippen molar-refractivity contribution in [2.24, 2.45) is 4.40 Å². The van der Waals surface area contributed by atoms with Crippen LogP contribution >= 0.6 is 22.1 Å². The smallest absolute Gasteiger partial charge is 0.443 e. The van der Waals surface area contributed by atoms with Crippen LogP contribution in [0.3, 0.4) is 0 Å². The average Bonchev–Trinajstić information content (AvgIpc) is 3.25. The highest BCUT2D eigenvalue weighted by Gasteiger charge is 2.49. The Morgan fingerprint density at radius 3 is 2.63 bits per heavy atom. The third kappa shape index (κ3) is 4.31. The number of thiazole rings is 1.